The second-order valence-electron chi connectivity index (χ2n) is 8.15. The maximum atomic E-state index is 13.8. The van der Waals surface area contributed by atoms with Gasteiger partial charge in [0, 0.05) is 0 Å². The SMILES string of the molecule is Bc1cc(-n2c(-c3nonc3NC(=O)C3(c4ccccc4)CCNCC3)noc2=O)ccc1F. The second-order valence-corrected chi connectivity index (χ2v) is 8.15. The van der Waals surface area contributed by atoms with E-state index in [1.165, 1.54) is 18.2 Å². The maximum Gasteiger partial charge on any atom is 0.446 e. The van der Waals surface area contributed by atoms with Crippen LogP contribution in [0.25, 0.3) is 17.2 Å². The molecule has 4 aromatic rings. The molecule has 10 nitrogen and oxygen atoms in total. The van der Waals surface area contributed by atoms with E-state index in [4.69, 9.17) is 9.15 Å². The van der Waals surface area contributed by atoms with Gasteiger partial charge in [-0.1, -0.05) is 41.0 Å². The minimum atomic E-state index is -0.805. The third kappa shape index (κ3) is 3.71. The standard InChI is InChI=1S/C22H20BFN6O4/c23-15-12-14(6-7-16(15)24)30-19(29-33-21(30)32)17-18(28-34-27-17)26-20(31)22(8-10-25-11-9-22)13-4-2-1-3-5-13/h1-7,12,25H,8-11,23H2,(H,26,28,31). The predicted molar refractivity (Wildman–Crippen MR) is 122 cm³/mol. The average molecular weight is 462 g/mol. The Bertz CT molecular complexity index is 1390. The van der Waals surface area contributed by atoms with Crippen molar-refractivity contribution in [3.63, 3.8) is 0 Å². The van der Waals surface area contributed by atoms with Gasteiger partial charge in [-0.05, 0) is 60.0 Å². The monoisotopic (exact) mass is 462 g/mol. The van der Waals surface area contributed by atoms with Crippen LogP contribution >= 0.6 is 0 Å². The molecule has 12 heteroatoms. The molecule has 0 atom stereocenters. The highest BCUT2D eigenvalue weighted by atomic mass is 19.1. The smallest absolute Gasteiger partial charge is 0.317 e. The molecular formula is C22H20BFN6O4. The molecule has 0 aliphatic carbocycles. The Balaban J connectivity index is 1.52. The van der Waals surface area contributed by atoms with Crippen molar-refractivity contribution in [3.8, 4) is 17.2 Å². The summed E-state index contributed by atoms with van der Waals surface area (Å²) < 4.78 is 24.6. The molecule has 0 radical (unpaired) electrons. The van der Waals surface area contributed by atoms with Crippen molar-refractivity contribution in [1.29, 1.82) is 0 Å². The number of halogens is 1. The Morgan fingerprint density at radius 1 is 1.12 bits per heavy atom. The number of carbonyl (C=O) groups excluding carboxylic acids is 1. The Morgan fingerprint density at radius 2 is 1.88 bits per heavy atom. The number of aromatic nitrogens is 4. The fourth-order valence-corrected chi connectivity index (χ4v) is 4.30. The number of hydrogen-bond donors (Lipinski definition) is 2. The number of rotatable bonds is 5. The molecule has 34 heavy (non-hydrogen) atoms. The normalized spacial score (nSPS) is 15.2. The number of nitrogens with one attached hydrogen (secondary N) is 2. The van der Waals surface area contributed by atoms with E-state index < -0.39 is 17.0 Å². The van der Waals surface area contributed by atoms with Crippen LogP contribution in [-0.4, -0.2) is 46.9 Å². The van der Waals surface area contributed by atoms with Gasteiger partial charge in [-0.2, -0.15) is 0 Å². The summed E-state index contributed by atoms with van der Waals surface area (Å²) in [5, 5.41) is 17.6. The van der Waals surface area contributed by atoms with Crippen LogP contribution in [-0.2, 0) is 10.2 Å². The first kappa shape index (κ1) is 21.8. The molecule has 3 heterocycles. The van der Waals surface area contributed by atoms with Crippen molar-refractivity contribution in [3.05, 3.63) is 70.5 Å². The molecule has 1 amide bonds. The van der Waals surface area contributed by atoms with Crippen molar-refractivity contribution < 1.29 is 18.3 Å². The molecule has 1 aliphatic heterocycles. The van der Waals surface area contributed by atoms with Crippen LogP contribution in [0.4, 0.5) is 10.2 Å². The Labute approximate surface area is 193 Å². The van der Waals surface area contributed by atoms with Crippen molar-refractivity contribution >= 4 is 25.0 Å². The van der Waals surface area contributed by atoms with Crippen molar-refractivity contribution in [2.75, 3.05) is 18.4 Å². The van der Waals surface area contributed by atoms with E-state index in [0.717, 1.165) is 10.1 Å². The van der Waals surface area contributed by atoms with E-state index in [9.17, 15) is 14.0 Å². The number of amides is 1. The highest BCUT2D eigenvalue weighted by Gasteiger charge is 2.42. The van der Waals surface area contributed by atoms with E-state index in [1.54, 1.807) is 7.85 Å². The topological polar surface area (TPSA) is 128 Å². The molecule has 0 spiro atoms. The lowest BCUT2D eigenvalue weighted by Crippen LogP contribution is -2.48. The number of nitrogens with zero attached hydrogens (tertiary/aromatic N) is 4. The first-order valence-electron chi connectivity index (χ1n) is 10.8. The summed E-state index contributed by atoms with van der Waals surface area (Å²) >= 11 is 0. The van der Waals surface area contributed by atoms with Gasteiger partial charge in [0.05, 0.1) is 11.1 Å². The molecule has 1 aliphatic rings. The zero-order valence-corrected chi connectivity index (χ0v) is 18.2. The third-order valence-electron chi connectivity index (χ3n) is 6.15. The predicted octanol–water partition coefficient (Wildman–Crippen LogP) is 0.533. The Hall–Kier alpha value is -4.06. The first-order valence-corrected chi connectivity index (χ1v) is 10.8. The van der Waals surface area contributed by atoms with E-state index >= 15 is 0 Å². The molecule has 2 N–H and O–H groups in total. The quantitative estimate of drug-likeness (QED) is 0.412. The van der Waals surface area contributed by atoms with Crippen LogP contribution in [0, 0.1) is 5.82 Å². The molecule has 2 aromatic carbocycles. The summed E-state index contributed by atoms with van der Waals surface area (Å²) in [6.45, 7) is 1.36. The van der Waals surface area contributed by atoms with Gasteiger partial charge < -0.3 is 10.6 Å². The third-order valence-corrected chi connectivity index (χ3v) is 6.15. The summed E-state index contributed by atoms with van der Waals surface area (Å²) in [7, 11) is 1.57. The summed E-state index contributed by atoms with van der Waals surface area (Å²) in [5.41, 5.74) is 0.782. The van der Waals surface area contributed by atoms with Crippen molar-refractivity contribution in [2.45, 2.75) is 18.3 Å². The fourth-order valence-electron chi connectivity index (χ4n) is 4.30. The molecule has 172 valence electrons. The maximum absolute atomic E-state index is 13.8. The van der Waals surface area contributed by atoms with Crippen LogP contribution in [0.2, 0.25) is 0 Å². The van der Waals surface area contributed by atoms with E-state index in [1.807, 2.05) is 30.3 Å². The van der Waals surface area contributed by atoms with Crippen LogP contribution < -0.4 is 21.9 Å². The number of carbonyl (C=O) groups is 1. The summed E-state index contributed by atoms with van der Waals surface area (Å²) in [5.74, 6) is -1.53. The number of piperidine rings is 1. The number of anilines is 1. The first-order chi connectivity index (χ1) is 16.5. The molecule has 2 aromatic heterocycles. The molecule has 1 fully saturated rings. The van der Waals surface area contributed by atoms with Gasteiger partial charge in [0.25, 0.3) is 0 Å². The van der Waals surface area contributed by atoms with Crippen molar-refractivity contribution in [2.24, 2.45) is 0 Å². The highest BCUT2D eigenvalue weighted by Crippen LogP contribution is 2.35. The van der Waals surface area contributed by atoms with Crippen LogP contribution in [0.5, 0.6) is 0 Å². The lowest BCUT2D eigenvalue weighted by molar-refractivity contribution is -0.122. The van der Waals surface area contributed by atoms with Crippen LogP contribution in [0.1, 0.15) is 18.4 Å². The highest BCUT2D eigenvalue weighted by molar-refractivity contribution is 6.32. The summed E-state index contributed by atoms with van der Waals surface area (Å²) in [4.78, 5) is 26.0. The van der Waals surface area contributed by atoms with Gasteiger partial charge in [-0.15, -0.1) is 0 Å². The molecule has 1 saturated heterocycles. The van der Waals surface area contributed by atoms with Gasteiger partial charge in [0.15, 0.2) is 5.69 Å². The largest absolute Gasteiger partial charge is 0.446 e. The van der Waals surface area contributed by atoms with E-state index in [2.05, 4.69) is 26.1 Å². The van der Waals surface area contributed by atoms with Crippen molar-refractivity contribution in [1.82, 2.24) is 25.4 Å². The Morgan fingerprint density at radius 3 is 2.62 bits per heavy atom. The van der Waals surface area contributed by atoms with Crippen LogP contribution in [0.15, 0.2) is 62.5 Å². The van der Waals surface area contributed by atoms with Gasteiger partial charge in [0.2, 0.25) is 17.5 Å². The lowest BCUT2D eigenvalue weighted by Gasteiger charge is -2.36. The summed E-state index contributed by atoms with van der Waals surface area (Å²) in [6, 6.07) is 13.7. The summed E-state index contributed by atoms with van der Waals surface area (Å²) in [6.07, 6.45) is 1.18. The lowest BCUT2D eigenvalue weighted by atomic mass is 9.72. The molecule has 0 bridgehead atoms. The van der Waals surface area contributed by atoms with E-state index in [-0.39, 0.29) is 23.2 Å². The number of hydrogen-bond acceptors (Lipinski definition) is 8. The molecule has 0 saturated carbocycles. The van der Waals surface area contributed by atoms with Gasteiger partial charge in [0.1, 0.15) is 13.7 Å². The minimum absolute atomic E-state index is 0.000257. The second kappa shape index (κ2) is 8.71. The van der Waals surface area contributed by atoms with Crippen LogP contribution in [0.3, 0.4) is 0 Å². The van der Waals surface area contributed by atoms with Gasteiger partial charge >= 0.3 is 5.76 Å². The molecule has 0 unspecified atom stereocenters. The van der Waals surface area contributed by atoms with Gasteiger partial charge in [-0.25, -0.2) is 18.4 Å². The number of benzene rings is 2. The minimum Gasteiger partial charge on any atom is -0.317 e. The average Bonchev–Trinajstić information content (AvgIpc) is 3.47. The molecule has 5 rings (SSSR count). The Kier molecular flexibility index (Phi) is 5.58. The molecular weight excluding hydrogens is 442 g/mol. The zero-order chi connectivity index (χ0) is 23.7. The fraction of sp³-hybridized carbons (Fsp3) is 0.227. The zero-order valence-electron chi connectivity index (χ0n) is 18.2. The van der Waals surface area contributed by atoms with Gasteiger partial charge in [-0.3, -0.25) is 9.32 Å². The van der Waals surface area contributed by atoms with E-state index in [0.29, 0.717) is 37.1 Å².